The van der Waals surface area contributed by atoms with Crippen molar-refractivity contribution in [2.75, 3.05) is 17.3 Å². The van der Waals surface area contributed by atoms with Crippen molar-refractivity contribution in [2.45, 2.75) is 56.3 Å². The summed E-state index contributed by atoms with van der Waals surface area (Å²) in [5.41, 5.74) is 0.731. The topological polar surface area (TPSA) is 107 Å². The van der Waals surface area contributed by atoms with Crippen LogP contribution in [0.5, 0.6) is 0 Å². The summed E-state index contributed by atoms with van der Waals surface area (Å²) in [6.07, 6.45) is 6.13. The number of aryl methyl sites for hydroxylation is 1. The molecule has 2 fully saturated rings. The van der Waals surface area contributed by atoms with Crippen molar-refractivity contribution in [3.05, 3.63) is 18.1 Å². The largest absolute Gasteiger partial charge is 0.469 e. The normalized spacial score (nSPS) is 22.0. The quantitative estimate of drug-likeness (QED) is 0.650. The van der Waals surface area contributed by atoms with E-state index in [2.05, 4.69) is 10.2 Å². The molecule has 0 unspecified atom stereocenters. The van der Waals surface area contributed by atoms with Gasteiger partial charge >= 0.3 is 0 Å². The lowest BCUT2D eigenvalue weighted by atomic mass is 10.1. The van der Waals surface area contributed by atoms with E-state index in [0.29, 0.717) is 23.3 Å². The standard InChI is InChI=1S/C18H23N3O5S2/c1-12-15(6-8-25-12)17-19-20-18(26-17)27-10-16(22)21(13-4-2-3-5-13)14-7-9-28(23,24)11-14/h6,8,13-14H,2-5,7,9-11H2,1H3/t14-/m0/s1. The lowest BCUT2D eigenvalue weighted by Gasteiger charge is -2.34. The number of furan rings is 1. The summed E-state index contributed by atoms with van der Waals surface area (Å²) in [7, 11) is -3.05. The molecule has 2 aromatic heterocycles. The van der Waals surface area contributed by atoms with E-state index in [-0.39, 0.29) is 35.2 Å². The second kappa shape index (κ2) is 7.90. The van der Waals surface area contributed by atoms with E-state index in [0.717, 1.165) is 31.2 Å². The molecule has 0 spiro atoms. The number of aromatic nitrogens is 2. The van der Waals surface area contributed by atoms with Crippen LogP contribution in [-0.2, 0) is 14.6 Å². The molecular formula is C18H23N3O5S2. The molecule has 0 N–H and O–H groups in total. The Bertz CT molecular complexity index is 946. The Hall–Kier alpha value is -1.81. The molecule has 1 atom stereocenters. The van der Waals surface area contributed by atoms with E-state index in [4.69, 9.17) is 8.83 Å². The number of nitrogens with zero attached hydrogens (tertiary/aromatic N) is 3. The third-order valence-electron chi connectivity index (χ3n) is 5.42. The Morgan fingerprint density at radius 3 is 2.68 bits per heavy atom. The van der Waals surface area contributed by atoms with Crippen LogP contribution >= 0.6 is 11.8 Å². The molecular weight excluding hydrogens is 402 g/mol. The molecule has 2 aromatic rings. The fraction of sp³-hybridized carbons (Fsp3) is 0.611. The zero-order valence-corrected chi connectivity index (χ0v) is 17.3. The van der Waals surface area contributed by atoms with Gasteiger partial charge in [0.05, 0.1) is 29.1 Å². The van der Waals surface area contributed by atoms with Crippen LogP contribution in [0.3, 0.4) is 0 Å². The highest BCUT2D eigenvalue weighted by Gasteiger charge is 2.39. The fourth-order valence-electron chi connectivity index (χ4n) is 4.06. The summed E-state index contributed by atoms with van der Waals surface area (Å²) in [5.74, 6) is 1.38. The predicted molar refractivity (Wildman–Crippen MR) is 104 cm³/mol. The summed E-state index contributed by atoms with van der Waals surface area (Å²) >= 11 is 1.19. The molecule has 152 valence electrons. The molecule has 0 bridgehead atoms. The van der Waals surface area contributed by atoms with Crippen LogP contribution in [-0.4, -0.2) is 58.8 Å². The first-order valence-electron chi connectivity index (χ1n) is 9.45. The first kappa shape index (κ1) is 19.5. The number of sulfone groups is 1. The number of thioether (sulfide) groups is 1. The van der Waals surface area contributed by atoms with Gasteiger partial charge < -0.3 is 13.7 Å². The molecule has 0 aromatic carbocycles. The minimum Gasteiger partial charge on any atom is -0.469 e. The van der Waals surface area contributed by atoms with Gasteiger partial charge in [-0.2, -0.15) is 0 Å². The molecule has 4 rings (SSSR count). The molecule has 8 nitrogen and oxygen atoms in total. The lowest BCUT2D eigenvalue weighted by Crippen LogP contribution is -2.47. The number of hydrogen-bond acceptors (Lipinski definition) is 8. The van der Waals surface area contributed by atoms with Crippen LogP contribution in [0.15, 0.2) is 26.4 Å². The highest BCUT2D eigenvalue weighted by Crippen LogP contribution is 2.31. The van der Waals surface area contributed by atoms with E-state index >= 15 is 0 Å². The number of hydrogen-bond donors (Lipinski definition) is 0. The van der Waals surface area contributed by atoms with Crippen LogP contribution in [0.2, 0.25) is 0 Å². The molecule has 3 heterocycles. The van der Waals surface area contributed by atoms with Gasteiger partial charge in [0.15, 0.2) is 9.84 Å². The van der Waals surface area contributed by atoms with E-state index < -0.39 is 9.84 Å². The summed E-state index contributed by atoms with van der Waals surface area (Å²) in [5, 5.41) is 8.33. The van der Waals surface area contributed by atoms with Crippen molar-refractivity contribution < 1.29 is 22.0 Å². The second-order valence-electron chi connectivity index (χ2n) is 7.35. The smallest absolute Gasteiger partial charge is 0.277 e. The van der Waals surface area contributed by atoms with Crippen LogP contribution < -0.4 is 0 Å². The van der Waals surface area contributed by atoms with Crippen molar-refractivity contribution in [2.24, 2.45) is 0 Å². The van der Waals surface area contributed by atoms with E-state index in [1.54, 1.807) is 12.3 Å². The molecule has 1 aliphatic heterocycles. The number of carbonyl (C=O) groups excluding carboxylic acids is 1. The van der Waals surface area contributed by atoms with Gasteiger partial charge in [0.2, 0.25) is 5.91 Å². The molecule has 28 heavy (non-hydrogen) atoms. The summed E-state index contributed by atoms with van der Waals surface area (Å²) in [6.45, 7) is 1.81. The average Bonchev–Trinajstić information content (AvgIpc) is 3.42. The van der Waals surface area contributed by atoms with Crippen molar-refractivity contribution in [3.8, 4) is 11.5 Å². The Morgan fingerprint density at radius 1 is 1.25 bits per heavy atom. The highest BCUT2D eigenvalue weighted by atomic mass is 32.2. The summed E-state index contributed by atoms with van der Waals surface area (Å²) < 4.78 is 34.7. The van der Waals surface area contributed by atoms with Crippen molar-refractivity contribution in [3.63, 3.8) is 0 Å². The van der Waals surface area contributed by atoms with Crippen LogP contribution in [0.25, 0.3) is 11.5 Å². The lowest BCUT2D eigenvalue weighted by molar-refractivity contribution is -0.132. The SMILES string of the molecule is Cc1occc1-c1nnc(SCC(=O)N(C2CCCC2)[C@H]2CCS(=O)(=O)C2)o1. The van der Waals surface area contributed by atoms with Gasteiger partial charge in [-0.1, -0.05) is 24.6 Å². The molecule has 0 radical (unpaired) electrons. The molecule has 2 aliphatic rings. The van der Waals surface area contributed by atoms with Crippen molar-refractivity contribution >= 4 is 27.5 Å². The van der Waals surface area contributed by atoms with E-state index in [1.165, 1.54) is 11.8 Å². The summed E-state index contributed by atoms with van der Waals surface area (Å²) in [6, 6.07) is 1.68. The minimum atomic E-state index is -3.05. The Labute approximate surface area is 168 Å². The van der Waals surface area contributed by atoms with Gasteiger partial charge in [0, 0.05) is 12.1 Å². The van der Waals surface area contributed by atoms with Crippen LogP contribution in [0.1, 0.15) is 37.9 Å². The maximum Gasteiger partial charge on any atom is 0.277 e. The third kappa shape index (κ3) is 4.12. The Morgan fingerprint density at radius 2 is 2.04 bits per heavy atom. The van der Waals surface area contributed by atoms with Crippen LogP contribution in [0.4, 0.5) is 0 Å². The van der Waals surface area contributed by atoms with Gasteiger partial charge in [0.25, 0.3) is 11.1 Å². The number of rotatable bonds is 6. The maximum atomic E-state index is 13.0. The third-order valence-corrected chi connectivity index (χ3v) is 7.98. The second-order valence-corrected chi connectivity index (χ2v) is 10.5. The minimum absolute atomic E-state index is 0.0572. The van der Waals surface area contributed by atoms with E-state index in [1.807, 2.05) is 11.8 Å². The van der Waals surface area contributed by atoms with E-state index in [9.17, 15) is 13.2 Å². The van der Waals surface area contributed by atoms with Gasteiger partial charge in [-0.25, -0.2) is 8.42 Å². The fourth-order valence-corrected chi connectivity index (χ4v) is 6.41. The Kier molecular flexibility index (Phi) is 5.50. The first-order chi connectivity index (χ1) is 13.4. The summed E-state index contributed by atoms with van der Waals surface area (Å²) in [4.78, 5) is 14.8. The van der Waals surface area contributed by atoms with Crippen molar-refractivity contribution in [1.82, 2.24) is 15.1 Å². The zero-order valence-electron chi connectivity index (χ0n) is 15.7. The monoisotopic (exact) mass is 425 g/mol. The number of carbonyl (C=O) groups is 1. The first-order valence-corrected chi connectivity index (χ1v) is 12.3. The molecule has 1 aliphatic carbocycles. The zero-order chi connectivity index (χ0) is 19.7. The molecule has 1 amide bonds. The van der Waals surface area contributed by atoms with Gasteiger partial charge in [-0.3, -0.25) is 4.79 Å². The Balaban J connectivity index is 1.43. The predicted octanol–water partition coefficient (Wildman–Crippen LogP) is 2.69. The molecule has 1 saturated carbocycles. The van der Waals surface area contributed by atoms with Gasteiger partial charge in [-0.05, 0) is 32.3 Å². The average molecular weight is 426 g/mol. The van der Waals surface area contributed by atoms with Crippen molar-refractivity contribution in [1.29, 1.82) is 0 Å². The maximum absolute atomic E-state index is 13.0. The molecule has 1 saturated heterocycles. The molecule has 10 heteroatoms. The van der Waals surface area contributed by atoms with Gasteiger partial charge in [-0.15, -0.1) is 10.2 Å². The number of amides is 1. The van der Waals surface area contributed by atoms with Crippen LogP contribution in [0, 0.1) is 6.92 Å². The van der Waals surface area contributed by atoms with Gasteiger partial charge in [0.1, 0.15) is 5.76 Å². The highest BCUT2D eigenvalue weighted by molar-refractivity contribution is 7.99.